The van der Waals surface area contributed by atoms with Crippen molar-refractivity contribution in [1.29, 1.82) is 0 Å². The van der Waals surface area contributed by atoms with Crippen molar-refractivity contribution in [2.24, 2.45) is 0 Å². The Labute approximate surface area is 119 Å². The zero-order chi connectivity index (χ0) is 14.7. The van der Waals surface area contributed by atoms with Crippen LogP contribution in [0, 0.1) is 6.92 Å². The Kier molecular flexibility index (Phi) is 4.20. The van der Waals surface area contributed by atoms with E-state index in [0.717, 1.165) is 23.2 Å². The van der Waals surface area contributed by atoms with Crippen molar-refractivity contribution in [3.8, 4) is 11.1 Å². The molecule has 0 aromatic heterocycles. The van der Waals surface area contributed by atoms with Crippen LogP contribution >= 0.6 is 0 Å². The number of aryl methyl sites for hydroxylation is 1. The van der Waals surface area contributed by atoms with E-state index in [4.69, 9.17) is 5.11 Å². The second-order valence-electron chi connectivity index (χ2n) is 5.27. The molecular weight excluding hydrogens is 250 g/mol. The van der Waals surface area contributed by atoms with E-state index < -0.39 is 5.97 Å². The van der Waals surface area contributed by atoms with E-state index in [0.29, 0.717) is 5.56 Å². The van der Waals surface area contributed by atoms with E-state index in [1.807, 2.05) is 27.1 Å². The Morgan fingerprint density at radius 2 is 1.75 bits per heavy atom. The fraction of sp³-hybridized carbons (Fsp3) is 0.235. The van der Waals surface area contributed by atoms with Gasteiger partial charge < -0.3 is 10.0 Å². The number of carboxylic acids is 1. The Bertz CT molecular complexity index is 615. The molecule has 0 atom stereocenters. The number of hydrogen-bond acceptors (Lipinski definition) is 2. The number of aromatic carboxylic acids is 1. The van der Waals surface area contributed by atoms with Crippen LogP contribution in [0.2, 0.25) is 0 Å². The van der Waals surface area contributed by atoms with Gasteiger partial charge in [0, 0.05) is 6.54 Å². The van der Waals surface area contributed by atoms with Gasteiger partial charge in [0.2, 0.25) is 0 Å². The summed E-state index contributed by atoms with van der Waals surface area (Å²) in [6.07, 6.45) is 0. The van der Waals surface area contributed by atoms with Crippen LogP contribution < -0.4 is 0 Å². The molecule has 3 nitrogen and oxygen atoms in total. The van der Waals surface area contributed by atoms with Gasteiger partial charge in [-0.1, -0.05) is 30.3 Å². The highest BCUT2D eigenvalue weighted by molar-refractivity contribution is 5.89. The lowest BCUT2D eigenvalue weighted by molar-refractivity contribution is 0.0697. The second-order valence-corrected chi connectivity index (χ2v) is 5.27. The molecule has 3 heteroatoms. The van der Waals surface area contributed by atoms with Gasteiger partial charge in [-0.3, -0.25) is 0 Å². The molecule has 0 amide bonds. The Morgan fingerprint density at radius 1 is 1.10 bits per heavy atom. The molecular formula is C17H19NO2. The zero-order valence-electron chi connectivity index (χ0n) is 12.1. The van der Waals surface area contributed by atoms with Gasteiger partial charge in [0.25, 0.3) is 0 Å². The van der Waals surface area contributed by atoms with Crippen molar-refractivity contribution in [2.45, 2.75) is 13.5 Å². The van der Waals surface area contributed by atoms with Crippen LogP contribution in [0.5, 0.6) is 0 Å². The molecule has 0 fully saturated rings. The Hall–Kier alpha value is -2.13. The first-order chi connectivity index (χ1) is 9.47. The molecule has 2 rings (SSSR count). The molecule has 0 heterocycles. The van der Waals surface area contributed by atoms with Gasteiger partial charge in [-0.2, -0.15) is 0 Å². The van der Waals surface area contributed by atoms with Crippen LogP contribution in [-0.4, -0.2) is 30.1 Å². The quantitative estimate of drug-likeness (QED) is 0.924. The molecule has 0 bridgehead atoms. The molecule has 2 aromatic carbocycles. The van der Waals surface area contributed by atoms with Crippen LogP contribution in [0.1, 0.15) is 21.5 Å². The summed E-state index contributed by atoms with van der Waals surface area (Å²) < 4.78 is 0. The number of carbonyl (C=O) groups is 1. The molecule has 0 aliphatic carbocycles. The van der Waals surface area contributed by atoms with Gasteiger partial charge in [-0.25, -0.2) is 4.79 Å². The summed E-state index contributed by atoms with van der Waals surface area (Å²) in [5.41, 5.74) is 4.76. The average molecular weight is 269 g/mol. The van der Waals surface area contributed by atoms with Crippen molar-refractivity contribution >= 4 is 5.97 Å². The monoisotopic (exact) mass is 269 g/mol. The average Bonchev–Trinajstić information content (AvgIpc) is 2.39. The predicted molar refractivity (Wildman–Crippen MR) is 81.0 cm³/mol. The molecule has 0 unspecified atom stereocenters. The summed E-state index contributed by atoms with van der Waals surface area (Å²) in [7, 11) is 4.09. The highest BCUT2D eigenvalue weighted by Crippen LogP contribution is 2.25. The van der Waals surface area contributed by atoms with Crippen molar-refractivity contribution in [3.05, 3.63) is 59.2 Å². The van der Waals surface area contributed by atoms with E-state index in [1.54, 1.807) is 12.1 Å². The first-order valence-electron chi connectivity index (χ1n) is 6.55. The summed E-state index contributed by atoms with van der Waals surface area (Å²) in [6.45, 7) is 2.85. The number of carboxylic acid groups (broad SMARTS) is 1. The van der Waals surface area contributed by atoms with Crippen molar-refractivity contribution in [3.63, 3.8) is 0 Å². The van der Waals surface area contributed by atoms with Crippen LogP contribution in [0.15, 0.2) is 42.5 Å². The lowest BCUT2D eigenvalue weighted by Gasteiger charge is -2.11. The summed E-state index contributed by atoms with van der Waals surface area (Å²) in [5.74, 6) is -0.888. The van der Waals surface area contributed by atoms with Crippen molar-refractivity contribution in [2.75, 3.05) is 14.1 Å². The minimum absolute atomic E-state index is 0.329. The fourth-order valence-corrected chi connectivity index (χ4v) is 2.28. The molecule has 1 N–H and O–H groups in total. The third-order valence-electron chi connectivity index (χ3n) is 3.24. The summed E-state index contributed by atoms with van der Waals surface area (Å²) in [6, 6.07) is 13.6. The topological polar surface area (TPSA) is 40.5 Å². The number of nitrogens with zero attached hydrogens (tertiary/aromatic N) is 1. The Balaban J connectivity index is 2.30. The first-order valence-corrected chi connectivity index (χ1v) is 6.55. The molecule has 0 aliphatic heterocycles. The molecule has 0 radical (unpaired) electrons. The fourth-order valence-electron chi connectivity index (χ4n) is 2.28. The normalized spacial score (nSPS) is 10.8. The third kappa shape index (κ3) is 3.25. The van der Waals surface area contributed by atoms with Gasteiger partial charge in [0.15, 0.2) is 0 Å². The highest BCUT2D eigenvalue weighted by Gasteiger charge is 2.07. The molecule has 0 spiro atoms. The summed E-state index contributed by atoms with van der Waals surface area (Å²) >= 11 is 0. The van der Waals surface area contributed by atoms with E-state index in [2.05, 4.69) is 29.2 Å². The van der Waals surface area contributed by atoms with E-state index in [9.17, 15) is 4.79 Å². The van der Waals surface area contributed by atoms with Crippen LogP contribution in [0.25, 0.3) is 11.1 Å². The van der Waals surface area contributed by atoms with Gasteiger partial charge >= 0.3 is 5.97 Å². The highest BCUT2D eigenvalue weighted by atomic mass is 16.4. The SMILES string of the molecule is Cc1cc(C(=O)O)ccc1-c1ccc(CN(C)C)cc1. The van der Waals surface area contributed by atoms with Gasteiger partial charge in [-0.15, -0.1) is 0 Å². The molecule has 104 valence electrons. The van der Waals surface area contributed by atoms with E-state index in [1.165, 1.54) is 5.56 Å². The predicted octanol–water partition coefficient (Wildman–Crippen LogP) is 3.42. The van der Waals surface area contributed by atoms with E-state index >= 15 is 0 Å². The maximum atomic E-state index is 10.9. The number of hydrogen-bond donors (Lipinski definition) is 1. The lowest BCUT2D eigenvalue weighted by atomic mass is 9.97. The molecule has 0 saturated heterocycles. The largest absolute Gasteiger partial charge is 0.478 e. The number of rotatable bonds is 4. The molecule has 2 aromatic rings. The lowest BCUT2D eigenvalue weighted by Crippen LogP contribution is -2.10. The van der Waals surface area contributed by atoms with E-state index in [-0.39, 0.29) is 0 Å². The van der Waals surface area contributed by atoms with Gasteiger partial charge in [0.05, 0.1) is 5.56 Å². The van der Waals surface area contributed by atoms with Gasteiger partial charge in [-0.05, 0) is 55.4 Å². The van der Waals surface area contributed by atoms with Crippen LogP contribution in [0.4, 0.5) is 0 Å². The van der Waals surface area contributed by atoms with Crippen LogP contribution in [0.3, 0.4) is 0 Å². The minimum atomic E-state index is -0.888. The van der Waals surface area contributed by atoms with Crippen LogP contribution in [-0.2, 0) is 6.54 Å². The smallest absolute Gasteiger partial charge is 0.335 e. The molecule has 0 saturated carbocycles. The number of benzene rings is 2. The minimum Gasteiger partial charge on any atom is -0.478 e. The maximum absolute atomic E-state index is 10.9. The van der Waals surface area contributed by atoms with Gasteiger partial charge in [0.1, 0.15) is 0 Å². The summed E-state index contributed by atoms with van der Waals surface area (Å²) in [5, 5.41) is 8.99. The van der Waals surface area contributed by atoms with Crippen molar-refractivity contribution in [1.82, 2.24) is 4.90 Å². The standard InChI is InChI=1S/C17H19NO2/c1-12-10-15(17(19)20)8-9-16(12)14-6-4-13(5-7-14)11-18(2)3/h4-10H,11H2,1-3H3,(H,19,20). The summed E-state index contributed by atoms with van der Waals surface area (Å²) in [4.78, 5) is 13.1. The first kappa shape index (κ1) is 14.3. The Morgan fingerprint density at radius 3 is 2.25 bits per heavy atom. The van der Waals surface area contributed by atoms with Crippen molar-refractivity contribution < 1.29 is 9.90 Å². The molecule has 0 aliphatic rings. The second kappa shape index (κ2) is 5.88. The zero-order valence-corrected chi connectivity index (χ0v) is 12.1. The third-order valence-corrected chi connectivity index (χ3v) is 3.24. The maximum Gasteiger partial charge on any atom is 0.335 e. The molecule has 20 heavy (non-hydrogen) atoms.